The van der Waals surface area contributed by atoms with Gasteiger partial charge in [-0.3, -0.25) is 19.3 Å². The predicted molar refractivity (Wildman–Crippen MR) is 158 cm³/mol. The molecule has 0 aliphatic carbocycles. The van der Waals surface area contributed by atoms with E-state index in [0.717, 1.165) is 35.7 Å². The van der Waals surface area contributed by atoms with Crippen molar-refractivity contribution in [3.8, 4) is 5.69 Å². The van der Waals surface area contributed by atoms with E-state index in [1.54, 1.807) is 29.3 Å². The van der Waals surface area contributed by atoms with E-state index < -0.39 is 11.7 Å². The maximum atomic E-state index is 15.8. The second-order valence-electron chi connectivity index (χ2n) is 9.87. The Hall–Kier alpha value is -5.30. The fourth-order valence-corrected chi connectivity index (χ4v) is 5.24. The lowest BCUT2D eigenvalue weighted by Crippen LogP contribution is -2.49. The first-order chi connectivity index (χ1) is 20.9. The van der Waals surface area contributed by atoms with Gasteiger partial charge in [0.2, 0.25) is 0 Å². The zero-order valence-electron chi connectivity index (χ0n) is 23.5. The molecule has 1 aliphatic rings. The van der Waals surface area contributed by atoms with Crippen LogP contribution in [0, 0.1) is 12.7 Å². The number of carboxylic acid groups (broad SMARTS) is 1. The van der Waals surface area contributed by atoms with Crippen LogP contribution in [0.25, 0.3) is 27.6 Å². The molecule has 43 heavy (non-hydrogen) atoms. The molecule has 12 nitrogen and oxygen atoms in total. The first-order valence-electron chi connectivity index (χ1n) is 13.6. The van der Waals surface area contributed by atoms with Gasteiger partial charge < -0.3 is 15.7 Å². The van der Waals surface area contributed by atoms with E-state index in [2.05, 4.69) is 30.9 Å². The molecule has 6 rings (SSSR count). The molecule has 0 radical (unpaired) electrons. The third-order valence-corrected chi connectivity index (χ3v) is 7.25. The first-order valence-corrected chi connectivity index (χ1v) is 13.6. The number of aryl methyl sites for hydroxylation is 1. The van der Waals surface area contributed by atoms with Crippen molar-refractivity contribution in [1.29, 1.82) is 0 Å². The molecule has 220 valence electrons. The first kappa shape index (κ1) is 29.2. The number of aromatic nitrogens is 5. The molecule has 13 heteroatoms. The summed E-state index contributed by atoms with van der Waals surface area (Å²) in [7, 11) is 1.51. The molecule has 2 aromatic carbocycles. The summed E-state index contributed by atoms with van der Waals surface area (Å²) in [6.45, 7) is 3.18. The van der Waals surface area contributed by atoms with Crippen molar-refractivity contribution >= 4 is 46.0 Å². The van der Waals surface area contributed by atoms with Gasteiger partial charge in [-0.2, -0.15) is 4.68 Å². The number of halogens is 1. The molecular formula is C30H29FN8O4. The number of carbonyl (C=O) groups excluding carboxylic acids is 2. The monoisotopic (exact) mass is 584 g/mol. The quantitative estimate of drug-likeness (QED) is 0.264. The van der Waals surface area contributed by atoms with E-state index >= 15 is 4.39 Å². The number of amides is 2. The van der Waals surface area contributed by atoms with Crippen molar-refractivity contribution in [2.24, 2.45) is 0 Å². The van der Waals surface area contributed by atoms with Crippen molar-refractivity contribution in [3.63, 3.8) is 0 Å². The van der Waals surface area contributed by atoms with Gasteiger partial charge in [-0.25, -0.2) is 14.4 Å². The largest absolute Gasteiger partial charge is 0.483 e. The fraction of sp³-hybridized carbons (Fsp3) is 0.233. The third kappa shape index (κ3) is 5.75. The summed E-state index contributed by atoms with van der Waals surface area (Å²) >= 11 is 0. The van der Waals surface area contributed by atoms with Crippen molar-refractivity contribution in [2.75, 3.05) is 25.0 Å². The van der Waals surface area contributed by atoms with E-state index in [9.17, 15) is 9.59 Å². The normalized spacial score (nSPS) is 14.5. The number of pyridine rings is 2. The molecule has 1 aliphatic heterocycles. The number of nitrogens with one attached hydrogen (secondary N) is 2. The minimum atomic E-state index is -0.709. The summed E-state index contributed by atoms with van der Waals surface area (Å²) in [4.78, 5) is 45.2. The highest BCUT2D eigenvalue weighted by atomic mass is 19.1. The van der Waals surface area contributed by atoms with Crippen molar-refractivity contribution in [1.82, 2.24) is 35.6 Å². The summed E-state index contributed by atoms with van der Waals surface area (Å²) in [6, 6.07) is 15.1. The van der Waals surface area contributed by atoms with Crippen molar-refractivity contribution < 1.29 is 23.9 Å². The second-order valence-corrected chi connectivity index (χ2v) is 9.87. The predicted octanol–water partition coefficient (Wildman–Crippen LogP) is 3.27. The topological polar surface area (TPSA) is 155 Å². The minimum Gasteiger partial charge on any atom is -0.483 e. The zero-order valence-corrected chi connectivity index (χ0v) is 23.5. The van der Waals surface area contributed by atoms with Crippen LogP contribution >= 0.6 is 0 Å². The molecule has 0 bridgehead atoms. The maximum Gasteiger partial charge on any atom is 0.290 e. The lowest BCUT2D eigenvalue weighted by Gasteiger charge is -2.35. The molecular weight excluding hydrogens is 555 g/mol. The molecule has 3 N–H and O–H groups in total. The van der Waals surface area contributed by atoms with Gasteiger partial charge in [0, 0.05) is 31.2 Å². The summed E-state index contributed by atoms with van der Waals surface area (Å²) in [5, 5.41) is 22.8. The average Bonchev–Trinajstić information content (AvgIpc) is 3.45. The number of hydrogen-bond donors (Lipinski definition) is 3. The van der Waals surface area contributed by atoms with Crippen LogP contribution in [0.4, 0.5) is 10.2 Å². The van der Waals surface area contributed by atoms with E-state index in [0.29, 0.717) is 29.2 Å². The number of carbonyl (C=O) groups is 3. The Labute approximate surface area is 245 Å². The molecule has 4 heterocycles. The highest BCUT2D eigenvalue weighted by Gasteiger charge is 2.32. The van der Waals surface area contributed by atoms with Crippen LogP contribution in [0.1, 0.15) is 39.3 Å². The lowest BCUT2D eigenvalue weighted by molar-refractivity contribution is -0.122. The Morgan fingerprint density at radius 3 is 2.72 bits per heavy atom. The number of rotatable bonds is 5. The summed E-state index contributed by atoms with van der Waals surface area (Å²) < 4.78 is 17.1. The Kier molecular flexibility index (Phi) is 8.62. The van der Waals surface area contributed by atoms with Crippen LogP contribution in [-0.4, -0.2) is 74.5 Å². The summed E-state index contributed by atoms with van der Waals surface area (Å²) in [5.41, 5.74) is 2.15. The molecule has 1 atom stereocenters. The highest BCUT2D eigenvalue weighted by molar-refractivity contribution is 6.11. The van der Waals surface area contributed by atoms with Crippen LogP contribution in [-0.2, 0) is 4.79 Å². The summed E-state index contributed by atoms with van der Waals surface area (Å²) in [6.07, 6.45) is 3.35. The van der Waals surface area contributed by atoms with Crippen LogP contribution < -0.4 is 15.5 Å². The molecule has 0 spiro atoms. The van der Waals surface area contributed by atoms with E-state index in [1.807, 2.05) is 31.2 Å². The van der Waals surface area contributed by atoms with Gasteiger partial charge in [0.1, 0.15) is 22.8 Å². The number of nitrogens with zero attached hydrogens (tertiary/aromatic N) is 6. The van der Waals surface area contributed by atoms with Crippen LogP contribution in [0.5, 0.6) is 0 Å². The number of benzene rings is 2. The van der Waals surface area contributed by atoms with Crippen LogP contribution in [0.15, 0.2) is 60.8 Å². The molecule has 5 aromatic rings. The smallest absolute Gasteiger partial charge is 0.290 e. The Bertz CT molecular complexity index is 1810. The van der Waals surface area contributed by atoms with E-state index in [4.69, 9.17) is 9.90 Å². The van der Waals surface area contributed by atoms with Gasteiger partial charge in [0.05, 0.1) is 17.3 Å². The van der Waals surface area contributed by atoms with E-state index in [-0.39, 0.29) is 29.7 Å². The SMILES string of the molecule is CNC(=O)c1ccc2nnn(-c3ccc(C(=O)N(c4nccc5cccc(C)c45)[C@@H]4CCCNC4)c(F)c3)c2n1.O=CO. The van der Waals surface area contributed by atoms with Crippen LogP contribution in [0.2, 0.25) is 0 Å². The highest BCUT2D eigenvalue weighted by Crippen LogP contribution is 2.32. The molecule has 3 aromatic heterocycles. The average molecular weight is 585 g/mol. The van der Waals surface area contributed by atoms with Gasteiger partial charge in [0.15, 0.2) is 5.65 Å². The van der Waals surface area contributed by atoms with Gasteiger partial charge in [0.25, 0.3) is 18.3 Å². The van der Waals surface area contributed by atoms with Gasteiger partial charge >= 0.3 is 0 Å². The maximum absolute atomic E-state index is 15.8. The van der Waals surface area contributed by atoms with Gasteiger partial charge in [-0.15, -0.1) is 5.10 Å². The second kappa shape index (κ2) is 12.7. The molecule has 2 amide bonds. The molecule has 0 saturated carbocycles. The van der Waals surface area contributed by atoms with Gasteiger partial charge in [-0.1, -0.05) is 23.4 Å². The third-order valence-electron chi connectivity index (χ3n) is 7.25. The molecule has 0 unspecified atom stereocenters. The van der Waals surface area contributed by atoms with Crippen LogP contribution in [0.3, 0.4) is 0 Å². The lowest BCUT2D eigenvalue weighted by atomic mass is 10.0. The number of fused-ring (bicyclic) bond motifs is 2. The number of piperidine rings is 1. The molecule has 1 saturated heterocycles. The Morgan fingerprint density at radius 1 is 1.19 bits per heavy atom. The minimum absolute atomic E-state index is 0.0786. The standard InChI is InChI=1S/C29H27FN8O2.CH2O2/c1-17-5-3-6-18-12-14-33-27(25(17)18)37(20-7-4-13-32-16-20)29(40)21-9-8-19(15-22(21)30)38-26-23(35-36-38)10-11-24(34-26)28(39)31-2;2-1-3/h3,5-6,8-12,14-15,20,32H,4,7,13,16H2,1-2H3,(H,31,39);1H,(H,2,3)/t20-;/m1./s1. The zero-order chi connectivity index (χ0) is 30.5. The molecule has 1 fully saturated rings. The number of anilines is 1. The summed E-state index contributed by atoms with van der Waals surface area (Å²) in [5.74, 6) is -1.02. The fourth-order valence-electron chi connectivity index (χ4n) is 5.24. The number of hydrogen-bond acceptors (Lipinski definition) is 8. The Balaban J connectivity index is 0.00000118. The van der Waals surface area contributed by atoms with Gasteiger partial charge in [-0.05, 0) is 67.6 Å². The van der Waals surface area contributed by atoms with Crippen molar-refractivity contribution in [2.45, 2.75) is 25.8 Å². The Morgan fingerprint density at radius 2 is 2.00 bits per heavy atom. The van der Waals surface area contributed by atoms with Crippen molar-refractivity contribution in [3.05, 3.63) is 83.4 Å². The van der Waals surface area contributed by atoms with E-state index in [1.165, 1.54) is 23.9 Å².